The lowest BCUT2D eigenvalue weighted by Crippen LogP contribution is -2.54. The van der Waals surface area contributed by atoms with Gasteiger partial charge < -0.3 is 15.1 Å². The number of hydrogen-bond donors (Lipinski definition) is 1. The van der Waals surface area contributed by atoms with Gasteiger partial charge in [0.15, 0.2) is 0 Å². The Hall–Kier alpha value is -2.04. The van der Waals surface area contributed by atoms with Gasteiger partial charge in [0.05, 0.1) is 5.54 Å². The molecule has 3 fully saturated rings. The molecule has 1 unspecified atom stereocenters. The van der Waals surface area contributed by atoms with Crippen LogP contribution in [0.1, 0.15) is 77.2 Å². The van der Waals surface area contributed by atoms with E-state index in [0.717, 1.165) is 32.2 Å². The zero-order chi connectivity index (χ0) is 22.8. The van der Waals surface area contributed by atoms with Crippen LogP contribution in [0.2, 0.25) is 0 Å². The molecule has 1 N–H and O–H groups in total. The van der Waals surface area contributed by atoms with Gasteiger partial charge in [0.2, 0.25) is 5.91 Å². The highest BCUT2D eigenvalue weighted by molar-refractivity contribution is 5.85. The van der Waals surface area contributed by atoms with Crippen LogP contribution < -0.4 is 5.32 Å². The number of rotatable bonds is 8. The molecule has 1 aliphatic heterocycles. The highest BCUT2D eigenvalue weighted by Gasteiger charge is 2.54. The second-order valence-corrected chi connectivity index (χ2v) is 10.8. The minimum Gasteiger partial charge on any atom is -0.358 e. The molecule has 4 rings (SSSR count). The van der Waals surface area contributed by atoms with Crippen LogP contribution in [0.5, 0.6) is 0 Å². The summed E-state index contributed by atoms with van der Waals surface area (Å²) in [4.78, 5) is 29.5. The maximum atomic E-state index is 13.4. The molecule has 176 valence electrons. The summed E-state index contributed by atoms with van der Waals surface area (Å²) >= 11 is 0. The molecule has 0 bridgehead atoms. The number of likely N-dealkylation sites (N-methyl/N-ethyl adjacent to an activating group) is 1. The van der Waals surface area contributed by atoms with Crippen LogP contribution in [0.4, 0.5) is 4.79 Å². The molecule has 3 amide bonds. The fraction of sp³-hybridized carbons (Fsp3) is 0.704. The number of nitrogens with zero attached hydrogens (tertiary/aromatic N) is 2. The van der Waals surface area contributed by atoms with Crippen LogP contribution in [-0.2, 0) is 10.2 Å². The zero-order valence-corrected chi connectivity index (χ0v) is 20.2. The topological polar surface area (TPSA) is 52.7 Å². The third-order valence-corrected chi connectivity index (χ3v) is 8.80. The van der Waals surface area contributed by atoms with E-state index in [9.17, 15) is 9.59 Å². The molecule has 1 aromatic rings. The number of urea groups is 1. The molecule has 1 spiro atoms. The summed E-state index contributed by atoms with van der Waals surface area (Å²) in [6, 6.07) is 11.1. The highest BCUT2D eigenvalue weighted by atomic mass is 16.2. The molecule has 1 aromatic carbocycles. The Bertz CT molecular complexity index is 796. The van der Waals surface area contributed by atoms with Gasteiger partial charge in [0.25, 0.3) is 0 Å². The molecule has 1 atom stereocenters. The van der Waals surface area contributed by atoms with Gasteiger partial charge in [-0.25, -0.2) is 4.79 Å². The van der Waals surface area contributed by atoms with E-state index in [1.807, 2.05) is 4.90 Å². The second kappa shape index (κ2) is 9.44. The number of carbonyl (C=O) groups is 2. The van der Waals surface area contributed by atoms with Crippen LogP contribution in [0, 0.1) is 11.8 Å². The Labute approximate surface area is 193 Å². The van der Waals surface area contributed by atoms with Crippen molar-refractivity contribution in [2.75, 3.05) is 26.7 Å². The van der Waals surface area contributed by atoms with Gasteiger partial charge in [-0.1, -0.05) is 57.0 Å². The largest absolute Gasteiger partial charge is 0.358 e. The van der Waals surface area contributed by atoms with Gasteiger partial charge in [-0.05, 0) is 67.8 Å². The molecule has 3 aliphatic rings. The third kappa shape index (κ3) is 4.40. The van der Waals surface area contributed by atoms with Crippen molar-refractivity contribution in [2.24, 2.45) is 11.8 Å². The Morgan fingerprint density at radius 2 is 1.84 bits per heavy atom. The average Bonchev–Trinajstić information content (AvgIpc) is 3.03. The van der Waals surface area contributed by atoms with Gasteiger partial charge >= 0.3 is 6.03 Å². The number of amides is 3. The minimum atomic E-state index is -0.117. The van der Waals surface area contributed by atoms with E-state index in [1.165, 1.54) is 37.7 Å². The van der Waals surface area contributed by atoms with E-state index in [0.29, 0.717) is 18.4 Å². The fourth-order valence-corrected chi connectivity index (χ4v) is 6.30. The predicted molar refractivity (Wildman–Crippen MR) is 128 cm³/mol. The quantitative estimate of drug-likeness (QED) is 0.623. The lowest BCUT2D eigenvalue weighted by Gasteiger charge is -2.50. The second-order valence-electron chi connectivity index (χ2n) is 10.8. The van der Waals surface area contributed by atoms with E-state index in [2.05, 4.69) is 54.4 Å². The fourth-order valence-electron chi connectivity index (χ4n) is 6.30. The Kier molecular flexibility index (Phi) is 6.83. The van der Waals surface area contributed by atoms with Crippen molar-refractivity contribution in [1.82, 2.24) is 15.1 Å². The van der Waals surface area contributed by atoms with Crippen LogP contribution in [0.15, 0.2) is 30.3 Å². The SMILES string of the molecule is CCC(C)C[C@]1(c2ccccc2)CC[C@]2(CC1)CN(CC(=O)NC)C(=O)N2CC1CCC1. The summed E-state index contributed by atoms with van der Waals surface area (Å²) in [7, 11) is 1.65. The molecule has 0 aromatic heterocycles. The van der Waals surface area contributed by atoms with Gasteiger partial charge in [-0.3, -0.25) is 4.79 Å². The van der Waals surface area contributed by atoms with E-state index in [-0.39, 0.29) is 29.4 Å². The lowest BCUT2D eigenvalue weighted by molar-refractivity contribution is -0.121. The number of nitrogens with one attached hydrogen (secondary N) is 1. The lowest BCUT2D eigenvalue weighted by atomic mass is 9.60. The smallest absolute Gasteiger partial charge is 0.321 e. The minimum absolute atomic E-state index is 0.0784. The molecule has 1 saturated heterocycles. The van der Waals surface area contributed by atoms with Crippen LogP contribution in [-0.4, -0.2) is 54.0 Å². The van der Waals surface area contributed by atoms with Crippen LogP contribution >= 0.6 is 0 Å². The standard InChI is InChI=1S/C27H41N3O2/c1-4-21(2)17-26(23-11-6-5-7-12-23)13-15-27(16-14-26)20-29(19-24(31)28-3)25(32)30(27)18-22-9-8-10-22/h5-7,11-12,21-22H,4,8-10,13-20H2,1-3H3,(H,28,31)/t21?,26-,27-. The van der Waals surface area contributed by atoms with Gasteiger partial charge in [-0.2, -0.15) is 0 Å². The molecule has 5 heteroatoms. The molecule has 2 saturated carbocycles. The molecule has 32 heavy (non-hydrogen) atoms. The average molecular weight is 440 g/mol. The first kappa shape index (κ1) is 23.1. The Morgan fingerprint density at radius 3 is 2.41 bits per heavy atom. The molecule has 1 heterocycles. The molecule has 0 radical (unpaired) electrons. The van der Waals surface area contributed by atoms with E-state index in [1.54, 1.807) is 7.05 Å². The predicted octanol–water partition coefficient (Wildman–Crippen LogP) is 4.96. The maximum Gasteiger partial charge on any atom is 0.321 e. The van der Waals surface area contributed by atoms with Crippen molar-refractivity contribution in [3.05, 3.63) is 35.9 Å². The number of hydrogen-bond acceptors (Lipinski definition) is 2. The van der Waals surface area contributed by atoms with E-state index < -0.39 is 0 Å². The Balaban J connectivity index is 1.58. The molecular formula is C27H41N3O2. The van der Waals surface area contributed by atoms with Crippen molar-refractivity contribution < 1.29 is 9.59 Å². The maximum absolute atomic E-state index is 13.4. The third-order valence-electron chi connectivity index (χ3n) is 8.80. The first-order chi connectivity index (χ1) is 15.4. The van der Waals surface area contributed by atoms with E-state index >= 15 is 0 Å². The van der Waals surface area contributed by atoms with Gasteiger partial charge in [0, 0.05) is 20.1 Å². The van der Waals surface area contributed by atoms with Crippen molar-refractivity contribution in [2.45, 2.75) is 82.6 Å². The van der Waals surface area contributed by atoms with Gasteiger partial charge in [0.1, 0.15) is 6.54 Å². The van der Waals surface area contributed by atoms with Crippen molar-refractivity contribution in [3.8, 4) is 0 Å². The van der Waals surface area contributed by atoms with Crippen molar-refractivity contribution in [1.29, 1.82) is 0 Å². The normalized spacial score (nSPS) is 29.3. The van der Waals surface area contributed by atoms with Crippen molar-refractivity contribution >= 4 is 11.9 Å². The summed E-state index contributed by atoms with van der Waals surface area (Å²) in [5.41, 5.74) is 1.54. The van der Waals surface area contributed by atoms with E-state index in [4.69, 9.17) is 0 Å². The summed E-state index contributed by atoms with van der Waals surface area (Å²) in [6.07, 6.45) is 10.4. The first-order valence-corrected chi connectivity index (χ1v) is 12.7. The number of benzene rings is 1. The molecule has 5 nitrogen and oxygen atoms in total. The molecule has 2 aliphatic carbocycles. The number of carbonyl (C=O) groups excluding carboxylic acids is 2. The highest BCUT2D eigenvalue weighted by Crippen LogP contribution is 2.51. The van der Waals surface area contributed by atoms with Crippen LogP contribution in [0.25, 0.3) is 0 Å². The monoisotopic (exact) mass is 439 g/mol. The summed E-state index contributed by atoms with van der Waals surface area (Å²) < 4.78 is 0. The summed E-state index contributed by atoms with van der Waals surface area (Å²) in [5.74, 6) is 1.24. The Morgan fingerprint density at radius 1 is 1.16 bits per heavy atom. The zero-order valence-electron chi connectivity index (χ0n) is 20.2. The summed E-state index contributed by atoms with van der Waals surface area (Å²) in [5, 5.41) is 2.69. The summed E-state index contributed by atoms with van der Waals surface area (Å²) in [6.45, 7) is 6.41. The molecular weight excluding hydrogens is 398 g/mol. The first-order valence-electron chi connectivity index (χ1n) is 12.7. The van der Waals surface area contributed by atoms with Crippen LogP contribution in [0.3, 0.4) is 0 Å². The van der Waals surface area contributed by atoms with Crippen molar-refractivity contribution in [3.63, 3.8) is 0 Å². The van der Waals surface area contributed by atoms with Gasteiger partial charge in [-0.15, -0.1) is 0 Å².